The number of aromatic nitrogens is 2. The van der Waals surface area contributed by atoms with Crippen molar-refractivity contribution in [3.05, 3.63) is 34.1 Å². The average molecular weight is 333 g/mol. The number of fused-ring (bicyclic) bond motifs is 3. The summed E-state index contributed by atoms with van der Waals surface area (Å²) in [5.74, 6) is 0.521. The molecule has 4 nitrogen and oxygen atoms in total. The summed E-state index contributed by atoms with van der Waals surface area (Å²) in [6, 6.07) is 3.92. The van der Waals surface area contributed by atoms with Crippen molar-refractivity contribution in [2.45, 2.75) is 13.8 Å². The Labute approximate surface area is 124 Å². The molecule has 0 radical (unpaired) electrons. The van der Waals surface area contributed by atoms with Crippen LogP contribution < -0.4 is 4.74 Å². The maximum absolute atomic E-state index is 12.0. The van der Waals surface area contributed by atoms with E-state index in [0.717, 1.165) is 32.0 Å². The molecule has 1 N–H and O–H groups in total. The van der Waals surface area contributed by atoms with E-state index in [1.807, 2.05) is 19.1 Å². The number of ketones is 1. The highest BCUT2D eigenvalue weighted by Crippen LogP contribution is 2.39. The fourth-order valence-corrected chi connectivity index (χ4v) is 3.17. The van der Waals surface area contributed by atoms with Gasteiger partial charge in [-0.3, -0.25) is 9.78 Å². The number of halogens is 1. The highest BCUT2D eigenvalue weighted by atomic mass is 79.9. The minimum Gasteiger partial charge on any atom is -0.495 e. The first kappa shape index (κ1) is 13.1. The minimum absolute atomic E-state index is 0.0367. The molecule has 0 fully saturated rings. The van der Waals surface area contributed by atoms with Crippen LogP contribution in [0.15, 0.2) is 22.8 Å². The Morgan fingerprint density at radius 1 is 1.35 bits per heavy atom. The highest BCUT2D eigenvalue weighted by Gasteiger charge is 2.20. The molecule has 20 heavy (non-hydrogen) atoms. The highest BCUT2D eigenvalue weighted by molar-refractivity contribution is 9.10. The van der Waals surface area contributed by atoms with E-state index in [1.54, 1.807) is 20.2 Å². The molecule has 0 atom stereocenters. The topological polar surface area (TPSA) is 55.0 Å². The standard InChI is InChI=1S/C15H13BrN2O2/c1-7-13-9(4-5-17-7)10-6-11(16)15(20-3)12(8(2)19)14(10)18-13/h4-6,18H,1-3H3. The van der Waals surface area contributed by atoms with E-state index in [4.69, 9.17) is 4.74 Å². The van der Waals surface area contributed by atoms with Gasteiger partial charge >= 0.3 is 0 Å². The van der Waals surface area contributed by atoms with Crippen LogP contribution in [-0.2, 0) is 0 Å². The fourth-order valence-electron chi connectivity index (χ4n) is 2.58. The normalized spacial score (nSPS) is 11.2. The van der Waals surface area contributed by atoms with E-state index in [0.29, 0.717) is 11.3 Å². The lowest BCUT2D eigenvalue weighted by Gasteiger charge is -2.09. The number of hydrogen-bond acceptors (Lipinski definition) is 3. The predicted octanol–water partition coefficient (Wildman–Crippen LogP) is 4.00. The Bertz CT molecular complexity index is 852. The van der Waals surface area contributed by atoms with E-state index in [-0.39, 0.29) is 5.78 Å². The summed E-state index contributed by atoms with van der Waals surface area (Å²) >= 11 is 3.48. The molecular formula is C15H13BrN2O2. The Balaban J connectivity index is 2.58. The summed E-state index contributed by atoms with van der Waals surface area (Å²) in [5, 5.41) is 2.04. The summed E-state index contributed by atoms with van der Waals surface area (Å²) in [4.78, 5) is 19.6. The molecule has 0 aliphatic heterocycles. The number of carbonyl (C=O) groups is 1. The summed E-state index contributed by atoms with van der Waals surface area (Å²) in [5.41, 5.74) is 3.21. The SMILES string of the molecule is COc1c(Br)cc2c([nH]c3c(C)nccc32)c1C(C)=O. The number of H-pyrrole nitrogens is 1. The van der Waals surface area contributed by atoms with Crippen LogP contribution in [0.5, 0.6) is 5.75 Å². The third kappa shape index (κ3) is 1.73. The molecule has 2 heterocycles. The Hall–Kier alpha value is -1.88. The largest absolute Gasteiger partial charge is 0.495 e. The van der Waals surface area contributed by atoms with Crippen LogP contribution in [-0.4, -0.2) is 22.9 Å². The number of rotatable bonds is 2. The van der Waals surface area contributed by atoms with E-state index < -0.39 is 0 Å². The molecule has 2 aromatic heterocycles. The third-order valence-corrected chi connectivity index (χ3v) is 4.06. The number of aromatic amines is 1. The Kier molecular flexibility index (Phi) is 3.01. The van der Waals surface area contributed by atoms with Gasteiger partial charge in [0.2, 0.25) is 0 Å². The van der Waals surface area contributed by atoms with Crippen molar-refractivity contribution in [1.82, 2.24) is 9.97 Å². The lowest BCUT2D eigenvalue weighted by molar-refractivity contribution is 0.101. The molecule has 3 rings (SSSR count). The van der Waals surface area contributed by atoms with Crippen molar-refractivity contribution in [1.29, 1.82) is 0 Å². The molecule has 0 amide bonds. The van der Waals surface area contributed by atoms with Crippen molar-refractivity contribution in [3.63, 3.8) is 0 Å². The van der Waals surface area contributed by atoms with E-state index >= 15 is 0 Å². The van der Waals surface area contributed by atoms with Gasteiger partial charge in [0.25, 0.3) is 0 Å². The smallest absolute Gasteiger partial charge is 0.165 e. The second kappa shape index (κ2) is 4.59. The fraction of sp³-hybridized carbons (Fsp3) is 0.200. The van der Waals surface area contributed by atoms with Crippen LogP contribution in [0.2, 0.25) is 0 Å². The lowest BCUT2D eigenvalue weighted by Crippen LogP contribution is -1.99. The number of nitrogens with zero attached hydrogens (tertiary/aromatic N) is 1. The number of ether oxygens (including phenoxy) is 1. The van der Waals surface area contributed by atoms with Gasteiger partial charge < -0.3 is 9.72 Å². The number of benzene rings is 1. The first-order chi connectivity index (χ1) is 9.54. The zero-order valence-electron chi connectivity index (χ0n) is 11.4. The minimum atomic E-state index is -0.0367. The predicted molar refractivity (Wildman–Crippen MR) is 82.6 cm³/mol. The molecular weight excluding hydrogens is 320 g/mol. The maximum Gasteiger partial charge on any atom is 0.165 e. The van der Waals surface area contributed by atoms with Gasteiger partial charge in [-0.1, -0.05) is 0 Å². The van der Waals surface area contributed by atoms with Gasteiger partial charge in [0.15, 0.2) is 5.78 Å². The number of aryl methyl sites for hydroxylation is 1. The van der Waals surface area contributed by atoms with Crippen LogP contribution in [0.3, 0.4) is 0 Å². The number of Topliss-reactive ketones (excluding diaryl/α,β-unsaturated/α-hetero) is 1. The summed E-state index contributed by atoms with van der Waals surface area (Å²) in [7, 11) is 1.56. The van der Waals surface area contributed by atoms with Crippen LogP contribution in [0.1, 0.15) is 23.0 Å². The van der Waals surface area contributed by atoms with Gasteiger partial charge in [-0.2, -0.15) is 0 Å². The first-order valence-corrected chi connectivity index (χ1v) is 6.98. The number of nitrogens with one attached hydrogen (secondary N) is 1. The van der Waals surface area contributed by atoms with Crippen molar-refractivity contribution >= 4 is 43.5 Å². The van der Waals surface area contributed by atoms with E-state index in [2.05, 4.69) is 25.9 Å². The monoisotopic (exact) mass is 332 g/mol. The zero-order valence-corrected chi connectivity index (χ0v) is 13.0. The Morgan fingerprint density at radius 2 is 2.10 bits per heavy atom. The van der Waals surface area contributed by atoms with Gasteiger partial charge in [0, 0.05) is 17.0 Å². The quantitative estimate of drug-likeness (QED) is 0.721. The number of hydrogen-bond donors (Lipinski definition) is 1. The third-order valence-electron chi connectivity index (χ3n) is 3.47. The van der Waals surface area contributed by atoms with Crippen LogP contribution in [0.25, 0.3) is 21.8 Å². The van der Waals surface area contributed by atoms with Crippen molar-refractivity contribution in [3.8, 4) is 5.75 Å². The molecule has 3 aromatic rings. The van der Waals surface area contributed by atoms with Crippen LogP contribution in [0.4, 0.5) is 0 Å². The van der Waals surface area contributed by atoms with Gasteiger partial charge in [0.05, 0.1) is 33.9 Å². The Morgan fingerprint density at radius 3 is 2.75 bits per heavy atom. The molecule has 0 saturated heterocycles. The molecule has 102 valence electrons. The lowest BCUT2D eigenvalue weighted by atomic mass is 10.1. The van der Waals surface area contributed by atoms with Crippen LogP contribution in [0, 0.1) is 6.92 Å². The second-order valence-corrected chi connectivity index (χ2v) is 5.54. The summed E-state index contributed by atoms with van der Waals surface area (Å²) < 4.78 is 6.14. The first-order valence-electron chi connectivity index (χ1n) is 6.19. The molecule has 5 heteroatoms. The van der Waals surface area contributed by atoms with Gasteiger partial charge in [-0.15, -0.1) is 0 Å². The number of methoxy groups -OCH3 is 1. The van der Waals surface area contributed by atoms with Crippen LogP contribution >= 0.6 is 15.9 Å². The van der Waals surface area contributed by atoms with Gasteiger partial charge in [-0.25, -0.2) is 0 Å². The summed E-state index contributed by atoms with van der Waals surface area (Å²) in [6.07, 6.45) is 1.77. The molecule has 0 aliphatic carbocycles. The van der Waals surface area contributed by atoms with E-state index in [1.165, 1.54) is 0 Å². The maximum atomic E-state index is 12.0. The molecule has 0 bridgehead atoms. The van der Waals surface area contributed by atoms with Gasteiger partial charge in [-0.05, 0) is 41.9 Å². The molecule has 0 spiro atoms. The number of pyridine rings is 1. The van der Waals surface area contributed by atoms with Crippen molar-refractivity contribution in [2.75, 3.05) is 7.11 Å². The molecule has 1 aromatic carbocycles. The number of carbonyl (C=O) groups excluding carboxylic acids is 1. The molecule has 0 unspecified atom stereocenters. The summed E-state index contributed by atoms with van der Waals surface area (Å²) in [6.45, 7) is 3.48. The van der Waals surface area contributed by atoms with Gasteiger partial charge in [0.1, 0.15) is 5.75 Å². The molecule has 0 aliphatic rings. The average Bonchev–Trinajstić information content (AvgIpc) is 2.76. The zero-order chi connectivity index (χ0) is 14.4. The second-order valence-electron chi connectivity index (χ2n) is 4.69. The van der Waals surface area contributed by atoms with Crippen molar-refractivity contribution in [2.24, 2.45) is 0 Å². The van der Waals surface area contributed by atoms with Crippen molar-refractivity contribution < 1.29 is 9.53 Å². The van der Waals surface area contributed by atoms with E-state index in [9.17, 15) is 4.79 Å². The molecule has 0 saturated carbocycles.